The van der Waals surface area contributed by atoms with Gasteiger partial charge in [-0.1, -0.05) is 6.07 Å². The number of amides is 1. The average molecular weight is 429 g/mol. The van der Waals surface area contributed by atoms with Crippen molar-refractivity contribution in [3.8, 4) is 0 Å². The fourth-order valence-corrected chi connectivity index (χ4v) is 3.91. The topological polar surface area (TPSA) is 73.6 Å². The highest BCUT2D eigenvalue weighted by Crippen LogP contribution is 2.21. The molecule has 166 valence electrons. The first-order chi connectivity index (χ1) is 15.2. The molecule has 2 aliphatic rings. The number of nitrogens with zero attached hydrogens (tertiary/aromatic N) is 4. The molecule has 3 heterocycles. The monoisotopic (exact) mass is 429 g/mol. The maximum atomic E-state index is 14.6. The largest absolute Gasteiger partial charge is 0.459 e. The van der Waals surface area contributed by atoms with E-state index in [4.69, 9.17) is 9.15 Å². The number of halogens is 1. The Morgan fingerprint density at radius 1 is 1.10 bits per heavy atom. The first-order valence-electron chi connectivity index (χ1n) is 10.5. The Morgan fingerprint density at radius 2 is 1.84 bits per heavy atom. The van der Waals surface area contributed by atoms with Crippen LogP contribution in [0.15, 0.2) is 46.0 Å². The van der Waals surface area contributed by atoms with Crippen molar-refractivity contribution in [3.05, 3.63) is 53.7 Å². The standard InChI is InChI=1S/C22H28FN5O3/c1-24-22(28-8-6-27(7-9-28)21(29)20-3-2-12-31-20)25-16-17-4-5-19(18(23)15-17)26-10-13-30-14-11-26/h2-5,12,15H,6-11,13-14,16H2,1H3,(H,24,25). The van der Waals surface area contributed by atoms with Crippen LogP contribution in [-0.2, 0) is 11.3 Å². The van der Waals surface area contributed by atoms with Crippen molar-refractivity contribution in [1.29, 1.82) is 0 Å². The number of nitrogens with one attached hydrogen (secondary N) is 1. The van der Waals surface area contributed by atoms with E-state index in [0.717, 1.165) is 11.5 Å². The summed E-state index contributed by atoms with van der Waals surface area (Å²) in [6.07, 6.45) is 1.51. The van der Waals surface area contributed by atoms with Gasteiger partial charge in [0, 0.05) is 52.9 Å². The van der Waals surface area contributed by atoms with Crippen LogP contribution in [0.4, 0.5) is 10.1 Å². The van der Waals surface area contributed by atoms with Crippen LogP contribution in [0.5, 0.6) is 0 Å². The van der Waals surface area contributed by atoms with Gasteiger partial charge < -0.3 is 29.2 Å². The molecule has 0 spiro atoms. The predicted octanol–water partition coefficient (Wildman–Crippen LogP) is 1.79. The van der Waals surface area contributed by atoms with Gasteiger partial charge in [0.25, 0.3) is 5.91 Å². The highest BCUT2D eigenvalue weighted by Gasteiger charge is 2.25. The summed E-state index contributed by atoms with van der Waals surface area (Å²) in [5, 5.41) is 3.31. The summed E-state index contributed by atoms with van der Waals surface area (Å²) >= 11 is 0. The molecule has 2 fully saturated rings. The normalized spacial score (nSPS) is 17.7. The first-order valence-corrected chi connectivity index (χ1v) is 10.5. The third-order valence-electron chi connectivity index (χ3n) is 5.62. The second-order valence-electron chi connectivity index (χ2n) is 7.54. The molecule has 9 heteroatoms. The summed E-state index contributed by atoms with van der Waals surface area (Å²) in [4.78, 5) is 22.7. The number of piperazine rings is 1. The minimum atomic E-state index is -0.221. The lowest BCUT2D eigenvalue weighted by Crippen LogP contribution is -2.53. The van der Waals surface area contributed by atoms with Gasteiger partial charge in [0.1, 0.15) is 5.82 Å². The zero-order valence-electron chi connectivity index (χ0n) is 17.7. The van der Waals surface area contributed by atoms with Crippen LogP contribution in [0.3, 0.4) is 0 Å². The molecule has 1 amide bonds. The van der Waals surface area contributed by atoms with Gasteiger partial charge in [-0.3, -0.25) is 9.79 Å². The Balaban J connectivity index is 1.30. The van der Waals surface area contributed by atoms with E-state index in [1.807, 2.05) is 17.0 Å². The molecule has 0 aliphatic carbocycles. The summed E-state index contributed by atoms with van der Waals surface area (Å²) in [6.45, 7) is 5.63. The number of anilines is 1. The van der Waals surface area contributed by atoms with E-state index in [-0.39, 0.29) is 11.7 Å². The SMILES string of the molecule is CN=C(NCc1ccc(N2CCOCC2)c(F)c1)N1CCN(C(=O)c2ccco2)CC1. The number of carbonyl (C=O) groups is 1. The van der Waals surface area contributed by atoms with Crippen LogP contribution in [0.25, 0.3) is 0 Å². The van der Waals surface area contributed by atoms with Crippen molar-refractivity contribution in [2.45, 2.75) is 6.54 Å². The molecule has 1 aromatic heterocycles. The molecule has 0 radical (unpaired) electrons. The van der Waals surface area contributed by atoms with Gasteiger partial charge in [0.15, 0.2) is 11.7 Å². The number of aliphatic imine (C=N–C) groups is 1. The molecule has 4 rings (SSSR count). The van der Waals surface area contributed by atoms with E-state index in [9.17, 15) is 9.18 Å². The summed E-state index contributed by atoms with van der Waals surface area (Å²) in [5.41, 5.74) is 1.47. The highest BCUT2D eigenvalue weighted by atomic mass is 19.1. The third-order valence-corrected chi connectivity index (χ3v) is 5.62. The minimum Gasteiger partial charge on any atom is -0.459 e. The number of guanidine groups is 1. The number of rotatable bonds is 4. The van der Waals surface area contributed by atoms with Crippen LogP contribution < -0.4 is 10.2 Å². The summed E-state index contributed by atoms with van der Waals surface area (Å²) in [5.74, 6) is 0.783. The van der Waals surface area contributed by atoms with Gasteiger partial charge in [0.2, 0.25) is 0 Å². The van der Waals surface area contributed by atoms with Gasteiger partial charge in [-0.25, -0.2) is 4.39 Å². The van der Waals surface area contributed by atoms with E-state index >= 15 is 0 Å². The van der Waals surface area contributed by atoms with Crippen molar-refractivity contribution in [2.75, 3.05) is 64.4 Å². The number of ether oxygens (including phenoxy) is 1. The van der Waals surface area contributed by atoms with Gasteiger partial charge in [-0.05, 0) is 29.8 Å². The number of hydrogen-bond acceptors (Lipinski definition) is 5. The molecule has 2 aromatic rings. The summed E-state index contributed by atoms with van der Waals surface area (Å²) in [7, 11) is 1.73. The average Bonchev–Trinajstić information content (AvgIpc) is 3.35. The molecule has 8 nitrogen and oxygen atoms in total. The van der Waals surface area contributed by atoms with Crippen molar-refractivity contribution < 1.29 is 18.3 Å². The second-order valence-corrected chi connectivity index (χ2v) is 7.54. The zero-order valence-corrected chi connectivity index (χ0v) is 17.7. The smallest absolute Gasteiger partial charge is 0.289 e. The Labute approximate surface area is 181 Å². The molecular formula is C22H28FN5O3. The molecule has 0 bridgehead atoms. The van der Waals surface area contributed by atoms with Gasteiger partial charge in [-0.15, -0.1) is 0 Å². The first kappa shape index (κ1) is 21.2. The second kappa shape index (κ2) is 9.82. The Kier molecular flexibility index (Phi) is 6.71. The van der Waals surface area contributed by atoms with E-state index in [2.05, 4.69) is 15.2 Å². The maximum Gasteiger partial charge on any atom is 0.289 e. The van der Waals surface area contributed by atoms with Crippen molar-refractivity contribution in [2.24, 2.45) is 4.99 Å². The number of benzene rings is 1. The maximum absolute atomic E-state index is 14.6. The molecule has 2 saturated heterocycles. The Bertz CT molecular complexity index is 904. The van der Waals surface area contributed by atoms with Crippen LogP contribution in [0.1, 0.15) is 16.1 Å². The lowest BCUT2D eigenvalue weighted by atomic mass is 10.1. The predicted molar refractivity (Wildman–Crippen MR) is 116 cm³/mol. The van der Waals surface area contributed by atoms with Crippen LogP contribution in [0, 0.1) is 5.82 Å². The van der Waals surface area contributed by atoms with Gasteiger partial charge in [-0.2, -0.15) is 0 Å². The molecule has 0 unspecified atom stereocenters. The van der Waals surface area contributed by atoms with Crippen LogP contribution in [0.2, 0.25) is 0 Å². The molecule has 1 N–H and O–H groups in total. The molecule has 2 aliphatic heterocycles. The quantitative estimate of drug-likeness (QED) is 0.590. The highest BCUT2D eigenvalue weighted by molar-refractivity contribution is 5.91. The van der Waals surface area contributed by atoms with Crippen molar-refractivity contribution in [1.82, 2.24) is 15.1 Å². The zero-order chi connectivity index (χ0) is 21.6. The number of furan rings is 1. The Hall–Kier alpha value is -3.07. The van der Waals surface area contributed by atoms with Crippen molar-refractivity contribution in [3.63, 3.8) is 0 Å². The fraction of sp³-hybridized carbons (Fsp3) is 0.455. The van der Waals surface area contributed by atoms with E-state index < -0.39 is 0 Å². The lowest BCUT2D eigenvalue weighted by molar-refractivity contribution is 0.0657. The Morgan fingerprint density at radius 3 is 2.48 bits per heavy atom. The molecular weight excluding hydrogens is 401 g/mol. The molecule has 31 heavy (non-hydrogen) atoms. The molecule has 0 atom stereocenters. The van der Waals surface area contributed by atoms with Crippen LogP contribution >= 0.6 is 0 Å². The van der Waals surface area contributed by atoms with Crippen molar-refractivity contribution >= 4 is 17.6 Å². The van der Waals surface area contributed by atoms with Gasteiger partial charge in [0.05, 0.1) is 25.2 Å². The number of morpholine rings is 1. The third kappa shape index (κ3) is 4.99. The van der Waals surface area contributed by atoms with E-state index in [1.165, 1.54) is 6.26 Å². The fourth-order valence-electron chi connectivity index (χ4n) is 3.91. The van der Waals surface area contributed by atoms with E-state index in [0.29, 0.717) is 70.5 Å². The van der Waals surface area contributed by atoms with Gasteiger partial charge >= 0.3 is 0 Å². The van der Waals surface area contributed by atoms with Crippen LogP contribution in [-0.4, -0.2) is 81.2 Å². The summed E-state index contributed by atoms with van der Waals surface area (Å²) < 4.78 is 25.2. The minimum absolute atomic E-state index is 0.0940. The number of carbonyl (C=O) groups excluding carboxylic acids is 1. The lowest BCUT2D eigenvalue weighted by Gasteiger charge is -2.36. The number of hydrogen-bond donors (Lipinski definition) is 1. The molecule has 0 saturated carbocycles. The van der Waals surface area contributed by atoms with E-state index in [1.54, 1.807) is 30.1 Å². The molecule has 1 aromatic carbocycles. The summed E-state index contributed by atoms with van der Waals surface area (Å²) in [6, 6.07) is 8.74.